The van der Waals surface area contributed by atoms with Crippen molar-refractivity contribution in [1.82, 2.24) is 15.5 Å². The highest BCUT2D eigenvalue weighted by Gasteiger charge is 2.21. The van der Waals surface area contributed by atoms with E-state index in [4.69, 9.17) is 20.8 Å². The molecule has 0 radical (unpaired) electrons. The second-order valence-electron chi connectivity index (χ2n) is 5.52. The van der Waals surface area contributed by atoms with Gasteiger partial charge in [-0.3, -0.25) is 4.79 Å². The number of hydrogen-bond donors (Lipinski definition) is 1. The van der Waals surface area contributed by atoms with Gasteiger partial charge >= 0.3 is 0 Å². The van der Waals surface area contributed by atoms with Crippen molar-refractivity contribution in [2.24, 2.45) is 0 Å². The van der Waals surface area contributed by atoms with Crippen molar-refractivity contribution in [3.05, 3.63) is 29.3 Å². The Balaban J connectivity index is 1.53. The van der Waals surface area contributed by atoms with Crippen LogP contribution in [0.4, 0.5) is 0 Å². The summed E-state index contributed by atoms with van der Waals surface area (Å²) in [7, 11) is 0. The highest BCUT2D eigenvalue weighted by Crippen LogP contribution is 2.26. The van der Waals surface area contributed by atoms with Gasteiger partial charge in [0, 0.05) is 23.7 Å². The lowest BCUT2D eigenvalue weighted by Crippen LogP contribution is -2.36. The van der Waals surface area contributed by atoms with Gasteiger partial charge in [0.15, 0.2) is 0 Å². The number of aromatic nitrogens is 2. The summed E-state index contributed by atoms with van der Waals surface area (Å²) in [5, 5.41) is 11.6. The van der Waals surface area contributed by atoms with Crippen molar-refractivity contribution in [3.8, 4) is 11.5 Å². The molecule has 128 valence electrons. The Labute approximate surface area is 149 Å². The molecule has 0 saturated carbocycles. The van der Waals surface area contributed by atoms with E-state index in [0.29, 0.717) is 22.7 Å². The normalized spacial score (nSPS) is 18.5. The van der Waals surface area contributed by atoms with E-state index in [1.54, 1.807) is 12.1 Å². The molecule has 1 fully saturated rings. The molecule has 6 nitrogen and oxygen atoms in total. The summed E-state index contributed by atoms with van der Waals surface area (Å²) >= 11 is 7.09. The van der Waals surface area contributed by atoms with Crippen LogP contribution in [0.3, 0.4) is 0 Å². The maximum Gasteiger partial charge on any atom is 0.277 e. The summed E-state index contributed by atoms with van der Waals surface area (Å²) in [6.45, 7) is 3.13. The number of benzene rings is 1. The third-order valence-corrected chi connectivity index (χ3v) is 4.86. The van der Waals surface area contributed by atoms with Crippen molar-refractivity contribution in [3.63, 3.8) is 0 Å². The van der Waals surface area contributed by atoms with Crippen LogP contribution in [0.25, 0.3) is 11.5 Å². The van der Waals surface area contributed by atoms with E-state index in [9.17, 15) is 4.79 Å². The lowest BCUT2D eigenvalue weighted by Gasteiger charge is -2.13. The fraction of sp³-hybridized carbons (Fsp3) is 0.438. The Kier molecular flexibility index (Phi) is 5.76. The molecule has 1 aromatic carbocycles. The molecule has 3 rings (SSSR count). The number of carbonyl (C=O) groups excluding carboxylic acids is 1. The fourth-order valence-electron chi connectivity index (χ4n) is 2.33. The molecule has 0 bridgehead atoms. The van der Waals surface area contributed by atoms with Gasteiger partial charge in [-0.2, -0.15) is 0 Å². The predicted molar refractivity (Wildman–Crippen MR) is 92.0 cm³/mol. The number of amides is 1. The van der Waals surface area contributed by atoms with Gasteiger partial charge in [0.05, 0.1) is 11.4 Å². The number of rotatable bonds is 6. The first-order valence-corrected chi connectivity index (χ1v) is 9.03. The Morgan fingerprint density at radius 2 is 2.21 bits per heavy atom. The van der Waals surface area contributed by atoms with E-state index < -0.39 is 0 Å². The molecule has 2 heterocycles. The molecule has 1 amide bonds. The molecular weight excluding hydrogens is 350 g/mol. The van der Waals surface area contributed by atoms with E-state index in [1.165, 1.54) is 11.8 Å². The van der Waals surface area contributed by atoms with Crippen LogP contribution in [0.2, 0.25) is 5.02 Å². The second kappa shape index (κ2) is 8.00. The van der Waals surface area contributed by atoms with Gasteiger partial charge in [-0.25, -0.2) is 0 Å². The number of halogens is 1. The van der Waals surface area contributed by atoms with Crippen molar-refractivity contribution in [2.75, 3.05) is 13.2 Å². The van der Waals surface area contributed by atoms with E-state index in [2.05, 4.69) is 15.5 Å². The monoisotopic (exact) mass is 367 g/mol. The topological polar surface area (TPSA) is 77.2 Å². The second-order valence-corrected chi connectivity index (χ2v) is 7.25. The lowest BCUT2D eigenvalue weighted by molar-refractivity contribution is -0.120. The van der Waals surface area contributed by atoms with Crippen LogP contribution in [0.15, 0.2) is 33.9 Å². The molecule has 0 spiro atoms. The van der Waals surface area contributed by atoms with Crippen LogP contribution in [0, 0.1) is 0 Å². The minimum Gasteiger partial charge on any atom is -0.411 e. The molecule has 1 N–H and O–H groups in total. The molecule has 1 aliphatic rings. The van der Waals surface area contributed by atoms with Crippen LogP contribution in [-0.2, 0) is 9.53 Å². The maximum absolute atomic E-state index is 12.1. The number of hydrogen-bond acceptors (Lipinski definition) is 6. The first kappa shape index (κ1) is 17.3. The van der Waals surface area contributed by atoms with Crippen molar-refractivity contribution in [1.29, 1.82) is 0 Å². The molecular formula is C16H18ClN3O3S. The summed E-state index contributed by atoms with van der Waals surface area (Å²) in [6.07, 6.45) is 2.18. The smallest absolute Gasteiger partial charge is 0.277 e. The average molecular weight is 368 g/mol. The molecule has 0 unspecified atom stereocenters. The standard InChI is InChI=1S/C16H18ClN3O3S/c1-10(14(21)18-9-13-3-2-8-22-13)24-16-20-19-15(23-16)11-4-6-12(17)7-5-11/h4-7,10,13H,2-3,8-9H2,1H3,(H,18,21)/t10-,13-/m0/s1. The van der Waals surface area contributed by atoms with Crippen molar-refractivity contribution in [2.45, 2.75) is 36.3 Å². The highest BCUT2D eigenvalue weighted by molar-refractivity contribution is 8.00. The van der Waals surface area contributed by atoms with Crippen LogP contribution >= 0.6 is 23.4 Å². The van der Waals surface area contributed by atoms with Gasteiger partial charge in [0.1, 0.15) is 0 Å². The molecule has 8 heteroatoms. The molecule has 0 aliphatic carbocycles. The van der Waals surface area contributed by atoms with E-state index in [0.717, 1.165) is 25.0 Å². The molecule has 1 aromatic heterocycles. The van der Waals surface area contributed by atoms with E-state index in [1.807, 2.05) is 19.1 Å². The SMILES string of the molecule is C[C@H](Sc1nnc(-c2ccc(Cl)cc2)o1)C(=O)NC[C@@H]1CCCO1. The summed E-state index contributed by atoms with van der Waals surface area (Å²) in [5.41, 5.74) is 0.786. The number of nitrogens with one attached hydrogen (secondary N) is 1. The zero-order valence-electron chi connectivity index (χ0n) is 13.2. The van der Waals surface area contributed by atoms with Crippen molar-refractivity contribution < 1.29 is 13.9 Å². The van der Waals surface area contributed by atoms with Crippen LogP contribution in [0.5, 0.6) is 0 Å². The molecule has 1 saturated heterocycles. The summed E-state index contributed by atoms with van der Waals surface area (Å²) < 4.78 is 11.1. The average Bonchev–Trinajstić information content (AvgIpc) is 3.25. The first-order chi connectivity index (χ1) is 11.6. The Bertz CT molecular complexity index is 686. The Hall–Kier alpha value is -1.57. The molecule has 2 atom stereocenters. The zero-order valence-corrected chi connectivity index (χ0v) is 14.8. The quantitative estimate of drug-likeness (QED) is 0.790. The summed E-state index contributed by atoms with van der Waals surface area (Å²) in [5.74, 6) is 0.336. The van der Waals surface area contributed by atoms with Crippen LogP contribution in [-0.4, -0.2) is 40.6 Å². The van der Waals surface area contributed by atoms with Gasteiger partial charge in [-0.05, 0) is 44.0 Å². The van der Waals surface area contributed by atoms with E-state index in [-0.39, 0.29) is 17.3 Å². The third kappa shape index (κ3) is 4.49. The van der Waals surface area contributed by atoms with Gasteiger partial charge in [-0.15, -0.1) is 10.2 Å². The fourth-order valence-corrected chi connectivity index (χ4v) is 3.17. The zero-order chi connectivity index (χ0) is 16.9. The van der Waals surface area contributed by atoms with Gasteiger partial charge in [-0.1, -0.05) is 23.4 Å². The maximum atomic E-state index is 12.1. The molecule has 2 aromatic rings. The van der Waals surface area contributed by atoms with Gasteiger partial charge in [0.2, 0.25) is 11.8 Å². The number of ether oxygens (including phenoxy) is 1. The number of thioether (sulfide) groups is 1. The van der Waals surface area contributed by atoms with E-state index >= 15 is 0 Å². The molecule has 24 heavy (non-hydrogen) atoms. The lowest BCUT2D eigenvalue weighted by atomic mass is 10.2. The first-order valence-electron chi connectivity index (χ1n) is 7.77. The Morgan fingerprint density at radius 3 is 2.92 bits per heavy atom. The highest BCUT2D eigenvalue weighted by atomic mass is 35.5. The number of nitrogens with zero attached hydrogens (tertiary/aromatic N) is 2. The van der Waals surface area contributed by atoms with Crippen LogP contribution in [0.1, 0.15) is 19.8 Å². The Morgan fingerprint density at radius 1 is 1.42 bits per heavy atom. The van der Waals surface area contributed by atoms with Crippen LogP contribution < -0.4 is 5.32 Å². The van der Waals surface area contributed by atoms with Gasteiger partial charge < -0.3 is 14.5 Å². The number of carbonyl (C=O) groups is 1. The van der Waals surface area contributed by atoms with Gasteiger partial charge in [0.25, 0.3) is 5.22 Å². The summed E-state index contributed by atoms with van der Waals surface area (Å²) in [6, 6.07) is 7.13. The summed E-state index contributed by atoms with van der Waals surface area (Å²) in [4.78, 5) is 12.1. The third-order valence-electron chi connectivity index (χ3n) is 3.67. The minimum atomic E-state index is -0.329. The predicted octanol–water partition coefficient (Wildman–Crippen LogP) is 3.17. The van der Waals surface area contributed by atoms with Crippen molar-refractivity contribution >= 4 is 29.3 Å². The molecule has 1 aliphatic heterocycles. The largest absolute Gasteiger partial charge is 0.411 e. The minimum absolute atomic E-state index is 0.0678.